The maximum atomic E-state index is 6.84. The molecule has 7 nitrogen and oxygen atoms in total. The monoisotopic (exact) mass is 941 g/mol. The van der Waals surface area contributed by atoms with E-state index in [4.69, 9.17) is 18.9 Å². The van der Waals surface area contributed by atoms with Crippen molar-refractivity contribution in [3.63, 3.8) is 0 Å². The summed E-state index contributed by atoms with van der Waals surface area (Å²) in [6, 6.07) is 74.2. The Bertz CT molecular complexity index is 4200. The van der Waals surface area contributed by atoms with Gasteiger partial charge < -0.3 is 23.5 Å². The van der Waals surface area contributed by atoms with E-state index in [2.05, 4.69) is 205 Å². The van der Waals surface area contributed by atoms with Crippen molar-refractivity contribution in [2.24, 2.45) is 0 Å². The van der Waals surface area contributed by atoms with E-state index in [1.54, 1.807) is 0 Å². The van der Waals surface area contributed by atoms with Crippen LogP contribution in [0.1, 0.15) is 26.3 Å². The van der Waals surface area contributed by atoms with E-state index < -0.39 is 0 Å². The largest absolute Gasteiger partial charge is 0.458 e. The average Bonchev–Trinajstić information content (AvgIpc) is 3.97. The number of aromatic nitrogens is 3. The summed E-state index contributed by atoms with van der Waals surface area (Å²) in [6.45, 7) is 6.70. The highest BCUT2D eigenvalue weighted by molar-refractivity contribution is 6.99. The van der Waals surface area contributed by atoms with Crippen molar-refractivity contribution in [1.82, 2.24) is 9.13 Å². The molecule has 12 aromatic rings. The van der Waals surface area contributed by atoms with Gasteiger partial charge in [0.25, 0.3) is 13.0 Å². The van der Waals surface area contributed by atoms with Gasteiger partial charge in [-0.05, 0) is 118 Å². The lowest BCUT2D eigenvalue weighted by atomic mass is 9.34. The number of ether oxygens (including phenoxy) is 4. The minimum atomic E-state index is -0.0750. The van der Waals surface area contributed by atoms with Crippen molar-refractivity contribution in [3.05, 3.63) is 224 Å². The summed E-state index contributed by atoms with van der Waals surface area (Å²) >= 11 is 0. The summed E-state index contributed by atoms with van der Waals surface area (Å²) in [4.78, 5) is 0. The minimum Gasteiger partial charge on any atom is -0.458 e. The third-order valence-corrected chi connectivity index (χ3v) is 14.8. The number of fused-ring (bicyclic) bond motifs is 4. The lowest BCUT2D eigenvalue weighted by Gasteiger charge is -2.37. The quantitative estimate of drug-likeness (QED) is 0.0907. The van der Waals surface area contributed by atoms with Gasteiger partial charge in [0.2, 0.25) is 0 Å². The van der Waals surface area contributed by atoms with Gasteiger partial charge in [-0.3, -0.25) is 9.13 Å². The second-order valence-electron chi connectivity index (χ2n) is 20.2. The Morgan fingerprint density at radius 3 is 1.77 bits per heavy atom. The van der Waals surface area contributed by atoms with Gasteiger partial charge in [0.05, 0.1) is 33.4 Å². The molecule has 8 heteroatoms. The Kier molecular flexibility index (Phi) is 8.88. The second kappa shape index (κ2) is 15.6. The fourth-order valence-corrected chi connectivity index (χ4v) is 11.5. The molecule has 73 heavy (non-hydrogen) atoms. The molecule has 15 rings (SSSR count). The molecule has 3 aliphatic rings. The molecule has 0 aliphatic carbocycles. The second-order valence-corrected chi connectivity index (χ2v) is 20.2. The van der Waals surface area contributed by atoms with E-state index in [1.807, 2.05) is 48.5 Å². The Balaban J connectivity index is 0.861. The maximum Gasteiger partial charge on any atom is 0.270 e. The number of benzene rings is 10. The van der Waals surface area contributed by atoms with Gasteiger partial charge in [0.15, 0.2) is 0 Å². The molecule has 0 unspecified atom stereocenters. The molecule has 0 N–H and O–H groups in total. The SMILES string of the molecule is CC(C)(C)c1cccc(-n2c3ccccc3c3ccc(Oc4cccc(-n5[c-][n+](-c6c(-c7ccccc7)cccc6-c6cc7c8c(c6)Oc6cccc9c6B8c6c(cccc6O7)O9)c6ccccc65)c4)cc32)c1. The van der Waals surface area contributed by atoms with E-state index in [1.165, 1.54) is 16.3 Å². The van der Waals surface area contributed by atoms with Gasteiger partial charge in [-0.1, -0.05) is 142 Å². The molecule has 0 fully saturated rings. The molecular weight excluding hydrogens is 898 g/mol. The number of rotatable bonds is 7. The van der Waals surface area contributed by atoms with E-state index in [-0.39, 0.29) is 12.1 Å². The molecule has 0 amide bonds. The summed E-state index contributed by atoms with van der Waals surface area (Å²) < 4.78 is 33.6. The molecule has 0 saturated heterocycles. The average molecular weight is 942 g/mol. The first-order chi connectivity index (χ1) is 35.8. The predicted molar refractivity (Wildman–Crippen MR) is 292 cm³/mol. The van der Waals surface area contributed by atoms with Crippen LogP contribution in [-0.4, -0.2) is 15.8 Å². The van der Waals surface area contributed by atoms with Gasteiger partial charge in [-0.2, -0.15) is 0 Å². The summed E-state index contributed by atoms with van der Waals surface area (Å²) in [5, 5.41) is 2.38. The van der Waals surface area contributed by atoms with Gasteiger partial charge in [-0.25, -0.2) is 0 Å². The minimum absolute atomic E-state index is 0.00886. The topological polar surface area (TPSA) is 50.7 Å². The molecule has 0 spiro atoms. The van der Waals surface area contributed by atoms with E-state index in [0.717, 1.165) is 118 Å². The summed E-state index contributed by atoms with van der Waals surface area (Å²) in [5.74, 6) is 6.21. The molecule has 10 aromatic carbocycles. The first-order valence-corrected chi connectivity index (χ1v) is 24.8. The van der Waals surface area contributed by atoms with Crippen molar-refractivity contribution in [2.75, 3.05) is 0 Å². The molecule has 0 radical (unpaired) electrons. The number of imidazole rings is 1. The zero-order valence-electron chi connectivity index (χ0n) is 40.3. The van der Waals surface area contributed by atoms with Crippen LogP contribution in [-0.2, 0) is 5.41 Å². The third-order valence-electron chi connectivity index (χ3n) is 14.8. The van der Waals surface area contributed by atoms with Crippen LogP contribution in [0.4, 0.5) is 0 Å². The normalized spacial score (nSPS) is 12.9. The van der Waals surface area contributed by atoms with Crippen molar-refractivity contribution < 1.29 is 23.5 Å². The van der Waals surface area contributed by atoms with Crippen LogP contribution in [0.5, 0.6) is 46.0 Å². The van der Waals surface area contributed by atoms with Crippen molar-refractivity contribution in [2.45, 2.75) is 26.2 Å². The molecular formula is C65H44BN3O4. The van der Waals surface area contributed by atoms with E-state index >= 15 is 0 Å². The Hall–Kier alpha value is -9.27. The van der Waals surface area contributed by atoms with Crippen LogP contribution < -0.4 is 39.9 Å². The first-order valence-electron chi connectivity index (χ1n) is 24.8. The summed E-state index contributed by atoms with van der Waals surface area (Å²) in [5.41, 5.74) is 15.7. The summed E-state index contributed by atoms with van der Waals surface area (Å²) in [6.07, 6.45) is 3.86. The molecule has 3 aliphatic heterocycles. The Morgan fingerprint density at radius 1 is 0.452 bits per heavy atom. The zero-order valence-corrected chi connectivity index (χ0v) is 40.3. The molecule has 2 aromatic heterocycles. The third kappa shape index (κ3) is 6.43. The van der Waals surface area contributed by atoms with Gasteiger partial charge in [-0.15, -0.1) is 0 Å². The first kappa shape index (κ1) is 41.5. The lowest BCUT2D eigenvalue weighted by molar-refractivity contribution is -0.571. The Labute approximate surface area is 422 Å². The van der Waals surface area contributed by atoms with Crippen molar-refractivity contribution in [3.8, 4) is 85.3 Å². The van der Waals surface area contributed by atoms with Crippen LogP contribution in [0.25, 0.3) is 72.2 Å². The van der Waals surface area contributed by atoms with Gasteiger partial charge in [0, 0.05) is 38.9 Å². The van der Waals surface area contributed by atoms with Crippen LogP contribution in [0, 0.1) is 6.33 Å². The van der Waals surface area contributed by atoms with Crippen LogP contribution in [0.3, 0.4) is 0 Å². The number of para-hydroxylation sites is 4. The van der Waals surface area contributed by atoms with E-state index in [0.29, 0.717) is 5.75 Å². The zero-order chi connectivity index (χ0) is 48.5. The molecule has 5 heterocycles. The number of nitrogens with zero attached hydrogens (tertiary/aromatic N) is 3. The smallest absolute Gasteiger partial charge is 0.270 e. The standard InChI is InChI=1S/C65H44BN3O4/c1-65(2,3)42-18-11-20-44(36-42)69-51-25-8-7-22-49(51)50-33-32-46(38-54(50)69)70-45-21-12-19-43(37-45)67-39-68(53-27-10-9-26-52(53)67)64-47(40-16-5-4-6-17-40)23-13-24-48(64)41-34-59-63-60(35-41)73-58-31-15-29-56-62(58)66(63)61-55(71-56)28-14-30-57(61)72-59/h4-38H,1-3H3. The van der Waals surface area contributed by atoms with Gasteiger partial charge in [0.1, 0.15) is 46.0 Å². The van der Waals surface area contributed by atoms with Gasteiger partial charge >= 0.3 is 0 Å². The summed E-state index contributed by atoms with van der Waals surface area (Å²) in [7, 11) is 0. The highest BCUT2D eigenvalue weighted by Crippen LogP contribution is 2.45. The fraction of sp³-hybridized carbons (Fsp3) is 0.0615. The van der Waals surface area contributed by atoms with Crippen LogP contribution in [0.2, 0.25) is 0 Å². The molecule has 0 bridgehead atoms. The number of hydrogen-bond acceptors (Lipinski definition) is 4. The van der Waals surface area contributed by atoms with Crippen molar-refractivity contribution >= 4 is 55.9 Å². The van der Waals surface area contributed by atoms with Crippen LogP contribution in [0.15, 0.2) is 212 Å². The molecule has 0 atom stereocenters. The highest BCUT2D eigenvalue weighted by Gasteiger charge is 2.46. The maximum absolute atomic E-state index is 6.84. The van der Waals surface area contributed by atoms with E-state index in [9.17, 15) is 0 Å². The van der Waals surface area contributed by atoms with Crippen LogP contribution >= 0.6 is 0 Å². The van der Waals surface area contributed by atoms with Crippen molar-refractivity contribution in [1.29, 1.82) is 0 Å². The predicted octanol–water partition coefficient (Wildman–Crippen LogP) is 14.1. The highest BCUT2D eigenvalue weighted by atomic mass is 16.5. The molecule has 0 saturated carbocycles. The fourth-order valence-electron chi connectivity index (χ4n) is 11.5. The number of hydrogen-bond donors (Lipinski definition) is 0. The molecule has 346 valence electrons. The lowest BCUT2D eigenvalue weighted by Crippen LogP contribution is -2.59. The Morgan fingerprint density at radius 2 is 1.03 bits per heavy atom.